The Labute approximate surface area is 153 Å². The lowest BCUT2D eigenvalue weighted by Gasteiger charge is -2.36. The van der Waals surface area contributed by atoms with E-state index >= 15 is 0 Å². The fourth-order valence-corrected chi connectivity index (χ4v) is 3.26. The van der Waals surface area contributed by atoms with E-state index < -0.39 is 8.32 Å². The fourth-order valence-electron chi connectivity index (χ4n) is 2.23. The Morgan fingerprint density at radius 2 is 1.08 bits per heavy atom. The van der Waals surface area contributed by atoms with Crippen LogP contribution in [0.4, 0.5) is 0 Å². The predicted octanol–water partition coefficient (Wildman–Crippen LogP) is 6.18. The third-order valence-corrected chi connectivity index (χ3v) is 9.55. The van der Waals surface area contributed by atoms with Gasteiger partial charge in [0.1, 0.15) is 0 Å². The van der Waals surface area contributed by atoms with Crippen LogP contribution in [-0.2, 0) is 13.9 Å². The van der Waals surface area contributed by atoms with Crippen molar-refractivity contribution in [1.82, 2.24) is 0 Å². The molecule has 0 radical (unpaired) electrons. The summed E-state index contributed by atoms with van der Waals surface area (Å²) in [6, 6.07) is 0. The van der Waals surface area contributed by atoms with E-state index in [0.29, 0.717) is 26.4 Å². The molecular formula is C20H44O3Si. The molecule has 0 aliphatic rings. The molecule has 0 heterocycles. The fraction of sp³-hybridized carbons (Fsp3) is 1.00. The van der Waals surface area contributed by atoms with Crippen molar-refractivity contribution in [3.05, 3.63) is 0 Å². The van der Waals surface area contributed by atoms with Crippen LogP contribution in [0.2, 0.25) is 18.1 Å². The van der Waals surface area contributed by atoms with Gasteiger partial charge in [0.05, 0.1) is 26.4 Å². The highest BCUT2D eigenvalue weighted by Crippen LogP contribution is 2.36. The number of unbranched alkanes of at least 4 members (excludes halogenated alkanes) is 7. The van der Waals surface area contributed by atoms with E-state index in [9.17, 15) is 0 Å². The van der Waals surface area contributed by atoms with Crippen molar-refractivity contribution in [2.45, 2.75) is 97.2 Å². The van der Waals surface area contributed by atoms with Crippen LogP contribution in [0.3, 0.4) is 0 Å². The monoisotopic (exact) mass is 360 g/mol. The molecule has 24 heavy (non-hydrogen) atoms. The van der Waals surface area contributed by atoms with Crippen LogP contribution < -0.4 is 0 Å². The van der Waals surface area contributed by atoms with Gasteiger partial charge in [0.15, 0.2) is 8.32 Å². The van der Waals surface area contributed by atoms with E-state index in [1.54, 1.807) is 0 Å². The van der Waals surface area contributed by atoms with Gasteiger partial charge in [0.2, 0.25) is 0 Å². The third-order valence-electron chi connectivity index (χ3n) is 5.01. The zero-order valence-corrected chi connectivity index (χ0v) is 18.4. The quantitative estimate of drug-likeness (QED) is 0.243. The van der Waals surface area contributed by atoms with Gasteiger partial charge < -0.3 is 13.9 Å². The van der Waals surface area contributed by atoms with Crippen LogP contribution >= 0.6 is 0 Å². The van der Waals surface area contributed by atoms with Crippen molar-refractivity contribution in [3.8, 4) is 0 Å². The minimum Gasteiger partial charge on any atom is -0.414 e. The van der Waals surface area contributed by atoms with Gasteiger partial charge in [-0.3, -0.25) is 0 Å². The Morgan fingerprint density at radius 1 is 0.625 bits per heavy atom. The Bertz CT molecular complexity index is 275. The van der Waals surface area contributed by atoms with Gasteiger partial charge in [-0.2, -0.15) is 0 Å². The van der Waals surface area contributed by atoms with Crippen molar-refractivity contribution >= 4 is 8.32 Å². The molecule has 0 saturated carbocycles. The maximum Gasteiger partial charge on any atom is 0.192 e. The molecule has 0 aromatic heterocycles. The molecule has 3 nitrogen and oxygen atoms in total. The van der Waals surface area contributed by atoms with Gasteiger partial charge in [-0.25, -0.2) is 0 Å². The van der Waals surface area contributed by atoms with Crippen molar-refractivity contribution in [1.29, 1.82) is 0 Å². The molecule has 0 aliphatic heterocycles. The van der Waals surface area contributed by atoms with Crippen LogP contribution in [0.15, 0.2) is 0 Å². The van der Waals surface area contributed by atoms with E-state index in [-0.39, 0.29) is 5.04 Å². The average Bonchev–Trinajstić information content (AvgIpc) is 2.50. The minimum absolute atomic E-state index is 0.270. The molecule has 0 N–H and O–H groups in total. The van der Waals surface area contributed by atoms with Crippen molar-refractivity contribution in [2.24, 2.45) is 0 Å². The lowest BCUT2D eigenvalue weighted by molar-refractivity contribution is 0.0336. The van der Waals surface area contributed by atoms with Crippen LogP contribution in [0.25, 0.3) is 0 Å². The summed E-state index contributed by atoms with van der Waals surface area (Å²) >= 11 is 0. The first-order chi connectivity index (χ1) is 11.3. The molecule has 146 valence electrons. The van der Waals surface area contributed by atoms with E-state index in [1.807, 2.05) is 0 Å². The Balaban J connectivity index is 3.24. The topological polar surface area (TPSA) is 27.7 Å². The third kappa shape index (κ3) is 13.4. The number of hydrogen-bond acceptors (Lipinski definition) is 3. The summed E-state index contributed by atoms with van der Waals surface area (Å²) in [5.74, 6) is 0. The smallest absolute Gasteiger partial charge is 0.192 e. The summed E-state index contributed by atoms with van der Waals surface area (Å²) < 4.78 is 17.3. The van der Waals surface area contributed by atoms with Gasteiger partial charge in [0.25, 0.3) is 0 Å². The molecule has 0 unspecified atom stereocenters. The highest BCUT2D eigenvalue weighted by atomic mass is 28.4. The summed E-state index contributed by atoms with van der Waals surface area (Å²) in [7, 11) is -1.62. The van der Waals surface area contributed by atoms with Gasteiger partial charge in [-0.05, 0) is 24.6 Å². The van der Waals surface area contributed by atoms with Gasteiger partial charge >= 0.3 is 0 Å². The first-order valence-corrected chi connectivity index (χ1v) is 13.0. The Morgan fingerprint density at radius 3 is 1.62 bits per heavy atom. The first kappa shape index (κ1) is 24.1. The van der Waals surface area contributed by atoms with E-state index in [4.69, 9.17) is 13.9 Å². The molecule has 0 aromatic rings. The summed E-state index contributed by atoms with van der Waals surface area (Å²) in [5, 5.41) is 0.270. The van der Waals surface area contributed by atoms with Gasteiger partial charge in [0, 0.05) is 6.61 Å². The van der Waals surface area contributed by atoms with E-state index in [1.165, 1.54) is 51.4 Å². The highest BCUT2D eigenvalue weighted by Gasteiger charge is 2.36. The highest BCUT2D eigenvalue weighted by molar-refractivity contribution is 6.74. The molecule has 0 amide bonds. The van der Waals surface area contributed by atoms with Crippen molar-refractivity contribution in [2.75, 3.05) is 33.0 Å². The lowest BCUT2D eigenvalue weighted by atomic mass is 10.1. The lowest BCUT2D eigenvalue weighted by Crippen LogP contribution is -2.41. The maximum absolute atomic E-state index is 6.07. The largest absolute Gasteiger partial charge is 0.414 e. The van der Waals surface area contributed by atoms with Crippen LogP contribution in [-0.4, -0.2) is 41.4 Å². The second-order valence-electron chi connectivity index (χ2n) is 8.31. The van der Waals surface area contributed by atoms with Gasteiger partial charge in [-0.15, -0.1) is 0 Å². The van der Waals surface area contributed by atoms with E-state index in [0.717, 1.165) is 6.61 Å². The Kier molecular flexibility index (Phi) is 14.3. The summed E-state index contributed by atoms with van der Waals surface area (Å²) in [6.45, 7) is 17.2. The molecular weight excluding hydrogens is 316 g/mol. The number of hydrogen-bond donors (Lipinski definition) is 0. The zero-order chi connectivity index (χ0) is 18.3. The SMILES string of the molecule is CCCCCCCCCCOCCOCCO[Si](C)(C)C(C)(C)C. The summed E-state index contributed by atoms with van der Waals surface area (Å²) in [4.78, 5) is 0. The number of rotatable bonds is 16. The first-order valence-electron chi connectivity index (χ1n) is 10.1. The Hall–Kier alpha value is 0.0969. The van der Waals surface area contributed by atoms with Crippen molar-refractivity contribution in [3.63, 3.8) is 0 Å². The maximum atomic E-state index is 6.07. The normalized spacial score (nSPS) is 12.8. The summed E-state index contributed by atoms with van der Waals surface area (Å²) in [6.07, 6.45) is 10.8. The van der Waals surface area contributed by atoms with Crippen LogP contribution in [0.1, 0.15) is 79.1 Å². The number of ether oxygens (including phenoxy) is 2. The second-order valence-corrected chi connectivity index (χ2v) is 13.1. The molecule has 0 spiro atoms. The molecule has 0 rings (SSSR count). The average molecular weight is 361 g/mol. The van der Waals surface area contributed by atoms with Crippen molar-refractivity contribution < 1.29 is 13.9 Å². The molecule has 0 aromatic carbocycles. The summed E-state index contributed by atoms with van der Waals surface area (Å²) in [5.41, 5.74) is 0. The zero-order valence-electron chi connectivity index (χ0n) is 17.4. The molecule has 0 atom stereocenters. The second kappa shape index (κ2) is 14.3. The van der Waals surface area contributed by atoms with E-state index in [2.05, 4.69) is 40.8 Å². The molecule has 0 bridgehead atoms. The van der Waals surface area contributed by atoms with Gasteiger partial charge in [-0.1, -0.05) is 72.6 Å². The molecule has 0 fully saturated rings. The molecule has 0 saturated heterocycles. The van der Waals surface area contributed by atoms with Crippen LogP contribution in [0, 0.1) is 0 Å². The standard InChI is InChI=1S/C20H44O3Si/c1-7-8-9-10-11-12-13-14-15-21-16-17-22-18-19-23-24(5,6)20(2,3)4/h7-19H2,1-6H3. The molecule has 0 aliphatic carbocycles. The minimum atomic E-state index is -1.62. The predicted molar refractivity (Wildman–Crippen MR) is 107 cm³/mol. The molecule has 4 heteroatoms. The van der Waals surface area contributed by atoms with Crippen LogP contribution in [0.5, 0.6) is 0 Å².